The first-order chi connectivity index (χ1) is 16.8. The fourth-order valence-corrected chi connectivity index (χ4v) is 3.90. The van der Waals surface area contributed by atoms with E-state index in [1.165, 1.54) is 31.5 Å². The van der Waals surface area contributed by atoms with Crippen LogP contribution in [0, 0.1) is 11.3 Å². The van der Waals surface area contributed by atoms with Crippen molar-refractivity contribution in [2.24, 2.45) is 17.8 Å². The van der Waals surface area contributed by atoms with Crippen LogP contribution in [0.25, 0.3) is 5.57 Å². The van der Waals surface area contributed by atoms with Gasteiger partial charge >= 0.3 is 12.1 Å². The van der Waals surface area contributed by atoms with Gasteiger partial charge in [-0.3, -0.25) is 9.48 Å². The molecule has 2 fully saturated rings. The fourth-order valence-electron chi connectivity index (χ4n) is 3.70. The zero-order chi connectivity index (χ0) is 26.5. The Morgan fingerprint density at radius 3 is 2.53 bits per heavy atom. The second kappa shape index (κ2) is 8.89. The Labute approximate surface area is 207 Å². The number of nitrogens with two attached hydrogens (primary N) is 1. The third-order valence-electron chi connectivity index (χ3n) is 6.06. The van der Waals surface area contributed by atoms with Gasteiger partial charge in [-0.15, -0.1) is 0 Å². The number of rotatable bonds is 7. The van der Waals surface area contributed by atoms with Gasteiger partial charge in [-0.2, -0.15) is 32.3 Å². The Bertz CT molecular complexity index is 1320. The van der Waals surface area contributed by atoms with Crippen molar-refractivity contribution < 1.29 is 26.7 Å². The van der Waals surface area contributed by atoms with Crippen molar-refractivity contribution in [3.63, 3.8) is 0 Å². The van der Waals surface area contributed by atoms with Crippen LogP contribution < -0.4 is 11.1 Å². The molecule has 0 bridgehead atoms. The fraction of sp³-hybridized carbons (Fsp3) is 0.391. The number of amides is 1. The van der Waals surface area contributed by atoms with Crippen LogP contribution in [0.4, 0.5) is 27.8 Å². The first-order valence-electron chi connectivity index (χ1n) is 10.8. The summed E-state index contributed by atoms with van der Waals surface area (Å²) in [6.07, 6.45) is -1.54. The lowest BCUT2D eigenvalue weighted by Crippen LogP contribution is -2.35. The normalized spacial score (nSPS) is 17.8. The summed E-state index contributed by atoms with van der Waals surface area (Å²) in [5.41, 5.74) is 3.90. The molecule has 0 atom stereocenters. The summed E-state index contributed by atoms with van der Waals surface area (Å²) in [5, 5.41) is 15.4. The molecule has 2 saturated carbocycles. The minimum Gasteiger partial charge on any atom is -0.404 e. The highest BCUT2D eigenvalue weighted by atomic mass is 35.5. The Hall–Kier alpha value is -3.46. The molecule has 13 heteroatoms. The molecule has 4 rings (SSSR count). The second-order valence-corrected chi connectivity index (χ2v) is 9.19. The first kappa shape index (κ1) is 25.6. The molecule has 2 aliphatic rings. The van der Waals surface area contributed by atoms with Gasteiger partial charge in [0.2, 0.25) is 0 Å². The highest BCUT2D eigenvalue weighted by Gasteiger charge is 2.62. The zero-order valence-corrected chi connectivity index (χ0v) is 19.6. The molecule has 1 aromatic heterocycles. The smallest absolute Gasteiger partial charge is 0.404 e. The largest absolute Gasteiger partial charge is 0.459 e. The molecule has 7 nitrogen and oxygen atoms in total. The number of aryl methyl sites for hydroxylation is 1. The van der Waals surface area contributed by atoms with E-state index in [-0.39, 0.29) is 27.5 Å². The molecule has 0 radical (unpaired) electrons. The van der Waals surface area contributed by atoms with Gasteiger partial charge in [0.05, 0.1) is 16.7 Å². The van der Waals surface area contributed by atoms with Crippen molar-refractivity contribution in [2.75, 3.05) is 0 Å². The number of nitrogens with one attached hydrogen (secondary N) is 1. The molecular formula is C23H20ClF5N6O. The van der Waals surface area contributed by atoms with Crippen molar-refractivity contribution >= 4 is 35.1 Å². The van der Waals surface area contributed by atoms with Gasteiger partial charge < -0.3 is 11.1 Å². The number of carbonyl (C=O) groups excluding carboxylic acids is 1. The Morgan fingerprint density at radius 2 is 2.00 bits per heavy atom. The van der Waals surface area contributed by atoms with E-state index in [4.69, 9.17) is 17.3 Å². The minimum atomic E-state index is -5.81. The summed E-state index contributed by atoms with van der Waals surface area (Å²) in [7, 11) is 1.23. The molecular weight excluding hydrogens is 507 g/mol. The Kier molecular flexibility index (Phi) is 6.33. The molecule has 2 aromatic rings. The quantitative estimate of drug-likeness (QED) is 0.387. The van der Waals surface area contributed by atoms with Crippen LogP contribution in [-0.2, 0) is 13.0 Å². The molecule has 0 aliphatic heterocycles. The van der Waals surface area contributed by atoms with Gasteiger partial charge in [0.1, 0.15) is 11.2 Å². The number of halogens is 6. The molecule has 1 aromatic carbocycles. The Morgan fingerprint density at radius 1 is 1.33 bits per heavy atom. The van der Waals surface area contributed by atoms with Crippen LogP contribution in [0.3, 0.4) is 0 Å². The average Bonchev–Trinajstić information content (AvgIpc) is 3.74. The van der Waals surface area contributed by atoms with E-state index in [2.05, 4.69) is 15.4 Å². The highest BCUT2D eigenvalue weighted by molar-refractivity contribution is 6.34. The van der Waals surface area contributed by atoms with E-state index in [0.717, 1.165) is 10.9 Å². The Balaban J connectivity index is 1.67. The van der Waals surface area contributed by atoms with Gasteiger partial charge in [0.25, 0.3) is 5.91 Å². The predicted molar refractivity (Wildman–Crippen MR) is 122 cm³/mol. The maximum absolute atomic E-state index is 14.2. The van der Waals surface area contributed by atoms with E-state index in [0.29, 0.717) is 31.2 Å². The summed E-state index contributed by atoms with van der Waals surface area (Å²) >= 11 is 6.17. The van der Waals surface area contributed by atoms with Crippen molar-refractivity contribution in [2.45, 2.75) is 49.2 Å². The highest BCUT2D eigenvalue weighted by Crippen LogP contribution is 2.53. The molecule has 2 aliphatic carbocycles. The molecule has 0 unspecified atom stereocenters. The van der Waals surface area contributed by atoms with Crippen molar-refractivity contribution in [1.29, 1.82) is 5.26 Å². The van der Waals surface area contributed by atoms with E-state index >= 15 is 0 Å². The van der Waals surface area contributed by atoms with Crippen molar-refractivity contribution in [1.82, 2.24) is 15.1 Å². The molecule has 190 valence electrons. The van der Waals surface area contributed by atoms with Crippen LogP contribution >= 0.6 is 11.6 Å². The summed E-state index contributed by atoms with van der Waals surface area (Å²) in [6.45, 7) is 0. The molecule has 0 saturated heterocycles. The van der Waals surface area contributed by atoms with Gasteiger partial charge in [-0.1, -0.05) is 17.7 Å². The van der Waals surface area contributed by atoms with Crippen LogP contribution in [0.15, 0.2) is 29.4 Å². The number of alkyl halides is 5. The number of aromatic nitrogens is 2. The van der Waals surface area contributed by atoms with E-state index in [9.17, 15) is 32.0 Å². The number of hydrogen-bond acceptors (Lipinski definition) is 5. The topological polar surface area (TPSA) is 109 Å². The lowest BCUT2D eigenvalue weighted by atomic mass is 10.0. The summed E-state index contributed by atoms with van der Waals surface area (Å²) in [4.78, 5) is 16.8. The standard InChI is InChI=1S/C23H20ClF5N6O/c1-35-19(17(12-2-3-12)18(34-35)22(25,26)23(27,28)29)32-10-14(9-30)13-4-5-16(24)15(8-13)20(36)33-21(11-31)6-7-21/h4-5,8-10,12H,2-3,6-7,30H2,1H3,(H,33,36). The summed E-state index contributed by atoms with van der Waals surface area (Å²) in [5.74, 6) is -6.35. The minimum absolute atomic E-state index is 0.0785. The predicted octanol–water partition coefficient (Wildman–Crippen LogP) is 5.09. The monoisotopic (exact) mass is 526 g/mol. The number of hydrogen-bond donors (Lipinski definition) is 2. The van der Waals surface area contributed by atoms with E-state index in [1.807, 2.05) is 6.07 Å². The number of carbonyl (C=O) groups is 1. The molecule has 1 amide bonds. The maximum Gasteiger partial charge on any atom is 0.459 e. The number of aliphatic imine (C=N–C) groups is 1. The van der Waals surface area contributed by atoms with Crippen LogP contribution in [-0.4, -0.2) is 33.6 Å². The number of nitrogens with zero attached hydrogens (tertiary/aromatic N) is 4. The molecule has 3 N–H and O–H groups in total. The zero-order valence-electron chi connectivity index (χ0n) is 18.8. The van der Waals surface area contributed by atoms with Gasteiger partial charge in [0.15, 0.2) is 5.82 Å². The van der Waals surface area contributed by atoms with E-state index in [1.54, 1.807) is 0 Å². The molecule has 1 heterocycles. The lowest BCUT2D eigenvalue weighted by Gasteiger charge is -2.18. The van der Waals surface area contributed by atoms with Crippen molar-refractivity contribution in [3.05, 3.63) is 51.8 Å². The van der Waals surface area contributed by atoms with Crippen molar-refractivity contribution in [3.8, 4) is 6.07 Å². The van der Waals surface area contributed by atoms with Crippen LogP contribution in [0.2, 0.25) is 5.02 Å². The third-order valence-corrected chi connectivity index (χ3v) is 6.39. The molecule has 0 spiro atoms. The second-order valence-electron chi connectivity index (χ2n) is 8.78. The van der Waals surface area contributed by atoms with Crippen LogP contribution in [0.5, 0.6) is 0 Å². The van der Waals surface area contributed by atoms with Gasteiger partial charge in [-0.25, -0.2) is 4.99 Å². The maximum atomic E-state index is 14.2. The first-order valence-corrected chi connectivity index (χ1v) is 11.2. The van der Waals surface area contributed by atoms with E-state index < -0.39 is 35.2 Å². The average molecular weight is 527 g/mol. The number of benzene rings is 1. The van der Waals surface area contributed by atoms with Gasteiger partial charge in [0, 0.05) is 30.6 Å². The van der Waals surface area contributed by atoms with Crippen LogP contribution in [0.1, 0.15) is 58.8 Å². The lowest BCUT2D eigenvalue weighted by molar-refractivity contribution is -0.291. The number of allylic oxidation sites excluding steroid dienone is 1. The summed E-state index contributed by atoms with van der Waals surface area (Å²) < 4.78 is 68.4. The summed E-state index contributed by atoms with van der Waals surface area (Å²) in [6, 6.07) is 6.45. The molecule has 36 heavy (non-hydrogen) atoms. The SMILES string of the molecule is Cn1nc(C(F)(F)C(F)(F)F)c(C2CC2)c1N=CC(=CN)c1ccc(Cl)c(C(=O)NC2(C#N)CC2)c1. The third kappa shape index (κ3) is 4.67. The number of nitriles is 1. The van der Waals surface area contributed by atoms with Gasteiger partial charge in [-0.05, 0) is 49.3 Å².